The molecule has 0 bridgehead atoms. The van der Waals surface area contributed by atoms with E-state index < -0.39 is 0 Å². The number of aryl methyl sites for hydroxylation is 1. The normalized spacial score (nSPS) is 12.6. The van der Waals surface area contributed by atoms with Crippen LogP contribution < -0.4 is 11.1 Å². The van der Waals surface area contributed by atoms with Crippen LogP contribution in [0.25, 0.3) is 0 Å². The average molecular weight is 196 g/mol. The van der Waals surface area contributed by atoms with Crippen LogP contribution in [0.2, 0.25) is 0 Å². The Labute approximate surface area is 84.3 Å². The van der Waals surface area contributed by atoms with E-state index in [0.717, 1.165) is 17.8 Å². The highest BCUT2D eigenvalue weighted by molar-refractivity contribution is 5.52. The predicted octanol–water partition coefficient (Wildman–Crippen LogP) is 2.59. The molecule has 0 aliphatic rings. The first-order chi connectivity index (χ1) is 6.56. The maximum Gasteiger partial charge on any atom is 0.130 e. The first kappa shape index (κ1) is 11.0. The molecule has 1 atom stereocenters. The van der Waals surface area contributed by atoms with Crippen molar-refractivity contribution in [1.29, 1.82) is 0 Å². The smallest absolute Gasteiger partial charge is 0.130 e. The molecule has 3 N–H and O–H groups in total. The van der Waals surface area contributed by atoms with Gasteiger partial charge in [0.15, 0.2) is 0 Å². The largest absolute Gasteiger partial charge is 0.385 e. The highest BCUT2D eigenvalue weighted by atomic mass is 19.1. The Morgan fingerprint density at radius 3 is 2.64 bits per heavy atom. The Kier molecular flexibility index (Phi) is 3.47. The van der Waals surface area contributed by atoms with Crippen molar-refractivity contribution < 1.29 is 4.39 Å². The van der Waals surface area contributed by atoms with Crippen LogP contribution >= 0.6 is 0 Å². The highest BCUT2D eigenvalue weighted by Crippen LogP contribution is 2.23. The van der Waals surface area contributed by atoms with Crippen LogP contribution in [0.4, 0.5) is 10.1 Å². The summed E-state index contributed by atoms with van der Waals surface area (Å²) in [5.74, 6) is -0.235. The molecule has 0 aliphatic heterocycles. The standard InChI is InChI=1S/C11H17FN2/c1-4-14-11-6-10(12)9(8(3)13)5-7(11)2/h5-6,8,14H,4,13H2,1-3H3/t8-/m1/s1. The zero-order valence-corrected chi connectivity index (χ0v) is 8.89. The number of nitrogens with two attached hydrogens (primary N) is 1. The third-order valence-electron chi connectivity index (χ3n) is 2.20. The minimum Gasteiger partial charge on any atom is -0.385 e. The zero-order valence-electron chi connectivity index (χ0n) is 8.89. The Balaban J connectivity index is 3.10. The minimum atomic E-state index is -0.260. The van der Waals surface area contributed by atoms with Gasteiger partial charge in [-0.1, -0.05) is 0 Å². The number of benzene rings is 1. The number of hydrogen-bond donors (Lipinski definition) is 2. The Morgan fingerprint density at radius 1 is 1.50 bits per heavy atom. The molecule has 0 amide bonds. The summed E-state index contributed by atoms with van der Waals surface area (Å²) in [7, 11) is 0. The third kappa shape index (κ3) is 2.23. The molecule has 1 aromatic carbocycles. The van der Waals surface area contributed by atoms with Gasteiger partial charge in [-0.05, 0) is 38.5 Å². The molecule has 0 fully saturated rings. The molecule has 0 saturated carbocycles. The van der Waals surface area contributed by atoms with Crippen LogP contribution in [0, 0.1) is 12.7 Å². The molecule has 0 aliphatic carbocycles. The Morgan fingerprint density at radius 2 is 2.14 bits per heavy atom. The lowest BCUT2D eigenvalue weighted by molar-refractivity contribution is 0.593. The van der Waals surface area contributed by atoms with Crippen LogP contribution in [0.15, 0.2) is 12.1 Å². The van der Waals surface area contributed by atoms with Crippen LogP contribution in [0.3, 0.4) is 0 Å². The number of nitrogens with one attached hydrogen (secondary N) is 1. The molecule has 0 heterocycles. The first-order valence-corrected chi connectivity index (χ1v) is 4.85. The molecular weight excluding hydrogens is 179 g/mol. The molecule has 78 valence electrons. The molecule has 0 unspecified atom stereocenters. The van der Waals surface area contributed by atoms with Gasteiger partial charge in [-0.3, -0.25) is 0 Å². The van der Waals surface area contributed by atoms with E-state index in [1.165, 1.54) is 6.07 Å². The monoisotopic (exact) mass is 196 g/mol. The average Bonchev–Trinajstić information content (AvgIpc) is 2.10. The minimum absolute atomic E-state index is 0.235. The van der Waals surface area contributed by atoms with Crippen molar-refractivity contribution >= 4 is 5.69 Å². The molecular formula is C11H17FN2. The molecule has 2 nitrogen and oxygen atoms in total. The van der Waals surface area contributed by atoms with Gasteiger partial charge in [-0.2, -0.15) is 0 Å². The highest BCUT2D eigenvalue weighted by Gasteiger charge is 2.09. The topological polar surface area (TPSA) is 38.0 Å². The zero-order chi connectivity index (χ0) is 10.7. The van der Waals surface area contributed by atoms with Gasteiger partial charge in [0.2, 0.25) is 0 Å². The van der Waals surface area contributed by atoms with Crippen LogP contribution in [-0.2, 0) is 0 Å². The summed E-state index contributed by atoms with van der Waals surface area (Å²) in [6.07, 6.45) is 0. The van der Waals surface area contributed by atoms with Crippen molar-refractivity contribution in [3.05, 3.63) is 29.1 Å². The van der Waals surface area contributed by atoms with Crippen molar-refractivity contribution in [2.24, 2.45) is 5.73 Å². The summed E-state index contributed by atoms with van der Waals surface area (Å²) in [5, 5.41) is 3.10. The molecule has 1 aromatic rings. The fraction of sp³-hybridized carbons (Fsp3) is 0.455. The van der Waals surface area contributed by atoms with Crippen molar-refractivity contribution in [1.82, 2.24) is 0 Å². The molecule has 3 heteroatoms. The van der Waals surface area contributed by atoms with E-state index >= 15 is 0 Å². The van der Waals surface area contributed by atoms with E-state index in [1.807, 2.05) is 13.8 Å². The van der Waals surface area contributed by atoms with Gasteiger partial charge in [-0.15, -0.1) is 0 Å². The second kappa shape index (κ2) is 4.42. The van der Waals surface area contributed by atoms with Gasteiger partial charge in [0.25, 0.3) is 0 Å². The second-order valence-electron chi connectivity index (χ2n) is 3.51. The predicted molar refractivity (Wildman–Crippen MR) is 57.9 cm³/mol. The third-order valence-corrected chi connectivity index (χ3v) is 2.20. The lowest BCUT2D eigenvalue weighted by Gasteiger charge is -2.13. The van der Waals surface area contributed by atoms with Gasteiger partial charge in [0.1, 0.15) is 5.82 Å². The molecule has 0 spiro atoms. The van der Waals surface area contributed by atoms with Gasteiger partial charge < -0.3 is 11.1 Å². The number of halogens is 1. The number of rotatable bonds is 3. The van der Waals surface area contributed by atoms with Crippen molar-refractivity contribution in [2.45, 2.75) is 26.8 Å². The van der Waals surface area contributed by atoms with Crippen LogP contribution in [0.1, 0.15) is 31.0 Å². The van der Waals surface area contributed by atoms with Crippen molar-refractivity contribution in [2.75, 3.05) is 11.9 Å². The second-order valence-corrected chi connectivity index (χ2v) is 3.51. The van der Waals surface area contributed by atoms with Gasteiger partial charge >= 0.3 is 0 Å². The van der Waals surface area contributed by atoms with Crippen LogP contribution in [-0.4, -0.2) is 6.54 Å². The van der Waals surface area contributed by atoms with Gasteiger partial charge in [-0.25, -0.2) is 4.39 Å². The molecule has 1 rings (SSSR count). The summed E-state index contributed by atoms with van der Waals surface area (Å²) in [6, 6.07) is 3.06. The summed E-state index contributed by atoms with van der Waals surface area (Å²) < 4.78 is 13.5. The maximum atomic E-state index is 13.5. The summed E-state index contributed by atoms with van der Waals surface area (Å²) in [6.45, 7) is 6.50. The summed E-state index contributed by atoms with van der Waals surface area (Å²) in [5.41, 5.74) is 8.09. The molecule has 0 saturated heterocycles. The van der Waals surface area contributed by atoms with E-state index in [4.69, 9.17) is 5.73 Å². The van der Waals surface area contributed by atoms with E-state index in [0.29, 0.717) is 5.56 Å². The Bertz CT molecular complexity index is 321. The van der Waals surface area contributed by atoms with Gasteiger partial charge in [0.05, 0.1) is 0 Å². The Hall–Kier alpha value is -1.09. The van der Waals surface area contributed by atoms with E-state index in [2.05, 4.69) is 5.32 Å². The molecule has 0 aromatic heterocycles. The molecule has 14 heavy (non-hydrogen) atoms. The van der Waals surface area contributed by atoms with E-state index in [9.17, 15) is 4.39 Å². The number of hydrogen-bond acceptors (Lipinski definition) is 2. The van der Waals surface area contributed by atoms with Crippen molar-refractivity contribution in [3.63, 3.8) is 0 Å². The van der Waals surface area contributed by atoms with E-state index in [-0.39, 0.29) is 11.9 Å². The van der Waals surface area contributed by atoms with E-state index in [1.54, 1.807) is 13.0 Å². The fourth-order valence-electron chi connectivity index (χ4n) is 1.43. The number of anilines is 1. The molecule has 0 radical (unpaired) electrons. The quantitative estimate of drug-likeness (QED) is 0.779. The summed E-state index contributed by atoms with van der Waals surface area (Å²) >= 11 is 0. The van der Waals surface area contributed by atoms with Crippen LogP contribution in [0.5, 0.6) is 0 Å². The SMILES string of the molecule is CCNc1cc(F)c([C@@H](C)N)cc1C. The van der Waals surface area contributed by atoms with Crippen molar-refractivity contribution in [3.8, 4) is 0 Å². The fourth-order valence-corrected chi connectivity index (χ4v) is 1.43. The summed E-state index contributed by atoms with van der Waals surface area (Å²) in [4.78, 5) is 0. The first-order valence-electron chi connectivity index (χ1n) is 4.85. The lowest BCUT2D eigenvalue weighted by atomic mass is 10.0. The maximum absolute atomic E-state index is 13.5. The lowest BCUT2D eigenvalue weighted by Crippen LogP contribution is -2.09. The van der Waals surface area contributed by atoms with Gasteiger partial charge in [0, 0.05) is 23.8 Å².